The molecule has 0 saturated carbocycles. The van der Waals surface area contributed by atoms with Crippen LogP contribution in [0.5, 0.6) is 0 Å². The summed E-state index contributed by atoms with van der Waals surface area (Å²) in [4.78, 5) is 12.2. The quantitative estimate of drug-likeness (QED) is 0.100. The van der Waals surface area contributed by atoms with E-state index >= 15 is 0 Å². The van der Waals surface area contributed by atoms with Crippen LogP contribution < -0.4 is 63.3 Å². The molecule has 2 spiro atoms. The van der Waals surface area contributed by atoms with Crippen molar-refractivity contribution >= 4 is 151 Å². The molecule has 16 aromatic rings. The number of hydrogen-bond donors (Lipinski definition) is 0. The Hall–Kier alpha value is -14.8. The summed E-state index contributed by atoms with van der Waals surface area (Å²) in [5, 5.41) is 0. The van der Waals surface area contributed by atoms with E-state index in [9.17, 15) is 0 Å². The van der Waals surface area contributed by atoms with Gasteiger partial charge in [-0.15, -0.1) is 0 Å². The molecule has 4 aliphatic carbocycles. The van der Waals surface area contributed by atoms with E-state index in [1.165, 1.54) is 115 Å². The number of rotatable bonds is 14. The predicted molar refractivity (Wildman–Crippen MR) is 633 cm³/mol. The van der Waals surface area contributed by atoms with Crippen molar-refractivity contribution in [3.63, 3.8) is 0 Å². The number of hydrogen-bond acceptors (Lipinski definition) is 5. The summed E-state index contributed by atoms with van der Waals surface area (Å²) < 4.78 is 0. The maximum absolute atomic E-state index is 2.58. The van der Waals surface area contributed by atoms with Gasteiger partial charge in [0.15, 0.2) is 0 Å². The van der Waals surface area contributed by atoms with E-state index < -0.39 is 0 Å². The Kier molecular flexibility index (Phi) is 24.4. The van der Waals surface area contributed by atoms with Crippen LogP contribution in [0, 0.1) is 23.7 Å². The van der Waals surface area contributed by atoms with Gasteiger partial charge in [-0.2, -0.15) is 0 Å². The molecular formula is C138H126B4N4S. The minimum atomic E-state index is -0.301. The van der Waals surface area contributed by atoms with Crippen LogP contribution in [0.2, 0.25) is 23.3 Å². The molecule has 716 valence electrons. The molecule has 4 nitrogen and oxygen atoms in total. The van der Waals surface area contributed by atoms with E-state index in [1.54, 1.807) is 0 Å². The average Bonchev–Trinajstić information content (AvgIpc) is 0.676. The van der Waals surface area contributed by atoms with E-state index in [4.69, 9.17) is 0 Å². The lowest BCUT2D eigenvalue weighted by Gasteiger charge is -2.59. The fourth-order valence-corrected chi connectivity index (χ4v) is 28.1. The highest BCUT2D eigenvalue weighted by Crippen LogP contribution is 2.64. The highest BCUT2D eigenvalue weighted by molar-refractivity contribution is 7.99. The lowest BCUT2D eigenvalue weighted by molar-refractivity contribution is 0.281. The van der Waals surface area contributed by atoms with E-state index in [0.717, 1.165) is 51.2 Å². The molecule has 5 heterocycles. The zero-order valence-corrected chi connectivity index (χ0v) is 87.3. The number of benzene rings is 16. The summed E-state index contributed by atoms with van der Waals surface area (Å²) >= 11 is 1.86. The molecule has 147 heavy (non-hydrogen) atoms. The molecule has 0 amide bonds. The third kappa shape index (κ3) is 16.6. The van der Waals surface area contributed by atoms with Crippen LogP contribution in [0.3, 0.4) is 0 Å². The fourth-order valence-electron chi connectivity index (χ4n) is 27.0. The van der Waals surface area contributed by atoms with Crippen LogP contribution in [-0.2, 0) is 32.5 Å². The van der Waals surface area contributed by atoms with Gasteiger partial charge in [0.1, 0.15) is 0 Å². The standard InChI is InChI=1S/C69H62B2N2S.C69H64B2N2/c1-67(2,3)47-31-39-51(40-32-47)72(52-41-33-48(34-42-52)68(4,5)6)53-43-35-49(36-44-53)70-59-23-11-7-19-55(59)69(56-20-8-12-24-60(56)70)57-21-9-13-25-61(57)71(62-26-14-10-22-58(62)69)50-37-45-54(46-38-50)73-63-27-15-17-29-65(63)74-66-30-18-16-28-64(66)73;1-67(2,3)49-33-41-55(42-34-49)73(56-43-35-50(36-44-56)68(4,5)6)58-47-39-52(40-48-58)71-65-31-19-15-27-61(65)69(62-28-16-20-32-66(62)71)59-25-13-17-29-63(59)70(64-30-18-14-26-60(64)69)51-37-45-57(46-38-51)72(53-21-9-7-10-22-53)54-23-11-8-12-24-54/h7-46,55,57,59,61H,1-6H3;7-48,59,61,63,65H,1-6H3. The normalized spacial score (nSPS) is 20.8. The molecule has 0 saturated heterocycles. The van der Waals surface area contributed by atoms with Crippen molar-refractivity contribution in [2.75, 3.05) is 19.6 Å². The zero-order chi connectivity index (χ0) is 100. The molecule has 16 aromatic carbocycles. The molecule has 0 bridgehead atoms. The third-order valence-electron chi connectivity index (χ3n) is 33.8. The van der Waals surface area contributed by atoms with Crippen LogP contribution in [-0.4, -0.2) is 26.9 Å². The molecule has 0 aromatic heterocycles. The smallest absolute Gasteiger partial charge is 0.217 e. The lowest BCUT2D eigenvalue weighted by atomic mass is 9.19. The van der Waals surface area contributed by atoms with Gasteiger partial charge >= 0.3 is 0 Å². The average molecular weight is 1920 g/mol. The van der Waals surface area contributed by atoms with E-state index in [0.29, 0.717) is 0 Å². The molecule has 5 aliphatic heterocycles. The van der Waals surface area contributed by atoms with Crippen LogP contribution in [0.15, 0.2) is 507 Å². The summed E-state index contributed by atoms with van der Waals surface area (Å²) in [6.07, 6.45) is 39.1. The van der Waals surface area contributed by atoms with Gasteiger partial charge in [0.2, 0.25) is 26.9 Å². The monoisotopic (exact) mass is 1920 g/mol. The molecular weight excluding hydrogens is 1790 g/mol. The first-order valence-electron chi connectivity index (χ1n) is 53.2. The number of allylic oxidation sites excluding steroid dienone is 16. The van der Waals surface area contributed by atoms with Crippen LogP contribution in [0.1, 0.15) is 128 Å². The molecule has 9 aliphatic rings. The maximum atomic E-state index is 2.58. The van der Waals surface area contributed by atoms with Gasteiger partial charge in [0.25, 0.3) is 0 Å². The zero-order valence-electron chi connectivity index (χ0n) is 86.5. The van der Waals surface area contributed by atoms with Crippen LogP contribution in [0.4, 0.5) is 68.2 Å². The Morgan fingerprint density at radius 3 is 0.667 bits per heavy atom. The minimum absolute atomic E-state index is 0.0718. The van der Waals surface area contributed by atoms with Crippen molar-refractivity contribution in [1.29, 1.82) is 0 Å². The Balaban J connectivity index is 0.000000157. The summed E-state index contributed by atoms with van der Waals surface area (Å²) in [7, 11) is 0. The molecule has 0 fully saturated rings. The maximum Gasteiger partial charge on any atom is 0.217 e. The van der Waals surface area contributed by atoms with E-state index in [-0.39, 0.29) is 106 Å². The van der Waals surface area contributed by atoms with Crippen LogP contribution >= 0.6 is 11.8 Å². The number of anilines is 12. The number of nitrogens with zero attached hydrogens (tertiary/aromatic N) is 4. The first-order chi connectivity index (χ1) is 71.5. The first kappa shape index (κ1) is 94.5. The van der Waals surface area contributed by atoms with Crippen molar-refractivity contribution in [1.82, 2.24) is 0 Å². The molecule has 9 heteroatoms. The van der Waals surface area contributed by atoms with Crippen LogP contribution in [0.25, 0.3) is 0 Å². The Bertz CT molecular complexity index is 7650. The van der Waals surface area contributed by atoms with Crippen molar-refractivity contribution in [2.24, 2.45) is 23.7 Å². The summed E-state index contributed by atoms with van der Waals surface area (Å²) in [5.74, 6) is 1.85. The van der Waals surface area contributed by atoms with Gasteiger partial charge in [-0.05, 0) is 259 Å². The second-order valence-corrected chi connectivity index (χ2v) is 47.2. The van der Waals surface area contributed by atoms with Crippen molar-refractivity contribution in [2.45, 2.75) is 149 Å². The second kappa shape index (κ2) is 37.9. The molecule has 0 radical (unpaired) electrons. The number of para-hydroxylation sites is 4. The van der Waals surface area contributed by atoms with Gasteiger partial charge in [-0.3, -0.25) is 0 Å². The van der Waals surface area contributed by atoms with Gasteiger partial charge in [-0.25, -0.2) is 0 Å². The summed E-state index contributed by atoms with van der Waals surface area (Å²) in [6.45, 7) is 28.1. The predicted octanol–water partition coefficient (Wildman–Crippen LogP) is 30.4. The molecule has 10 atom stereocenters. The topological polar surface area (TPSA) is 13.0 Å². The van der Waals surface area contributed by atoms with Gasteiger partial charge < -0.3 is 19.6 Å². The Morgan fingerprint density at radius 1 is 0.211 bits per heavy atom. The Labute approximate surface area is 878 Å². The lowest BCUT2D eigenvalue weighted by Crippen LogP contribution is -2.67. The summed E-state index contributed by atoms with van der Waals surface area (Å²) in [5.41, 5.74) is 36.1. The van der Waals surface area contributed by atoms with E-state index in [2.05, 4.69) is 600 Å². The van der Waals surface area contributed by atoms with Crippen molar-refractivity contribution in [3.8, 4) is 0 Å². The van der Waals surface area contributed by atoms with E-state index in [1.807, 2.05) is 11.8 Å². The number of fused-ring (bicyclic) bond motifs is 18. The molecule has 10 unspecified atom stereocenters. The SMILES string of the molecule is CC(C)(C)c1ccc(N(c2ccc(B3c4ccccc4C4(c5ccccc5B(c5ccc(N(c6ccccc6)c6ccccc6)cc5)C5C=CC=CC54)C4C=CC=CC34)cc2)c2ccc(C(C)(C)C)cc2)cc1.CC(C)(C)c1ccc(N(c2ccc(B3c4ccccc4C4(c5ccccc5B(c5ccc(N6c7ccccc7Sc7ccccc76)cc5)C5C=CC=CC54)C4C=CC=CC34)cc2)c2ccc(C(C)(C)C)cc2)cc1. The molecule has 25 rings (SSSR count). The highest BCUT2D eigenvalue weighted by atomic mass is 32.2. The molecule has 0 N–H and O–H groups in total. The second-order valence-electron chi connectivity index (χ2n) is 46.1. The van der Waals surface area contributed by atoms with Gasteiger partial charge in [0.05, 0.1) is 11.4 Å². The summed E-state index contributed by atoms with van der Waals surface area (Å²) in [6, 6.07) is 152. The minimum Gasteiger partial charge on any atom is -0.311 e. The fraction of sp³-hybridized carbons (Fsp3) is 0.188. The Morgan fingerprint density at radius 2 is 0.415 bits per heavy atom. The van der Waals surface area contributed by atoms with Crippen molar-refractivity contribution in [3.05, 3.63) is 542 Å². The largest absolute Gasteiger partial charge is 0.311 e. The highest BCUT2D eigenvalue weighted by Gasteiger charge is 2.64. The van der Waals surface area contributed by atoms with Crippen molar-refractivity contribution < 1.29 is 0 Å². The third-order valence-corrected chi connectivity index (χ3v) is 34.9. The first-order valence-corrected chi connectivity index (χ1v) is 54.1. The van der Waals surface area contributed by atoms with Gasteiger partial charge in [0, 0.05) is 77.5 Å². The van der Waals surface area contributed by atoms with Gasteiger partial charge in [-0.1, -0.05) is 491 Å².